The molecule has 0 saturated heterocycles. The maximum atomic E-state index is 11.8. The third-order valence-electron chi connectivity index (χ3n) is 2.37. The van der Waals surface area contributed by atoms with E-state index in [-0.39, 0.29) is 11.3 Å². The van der Waals surface area contributed by atoms with Gasteiger partial charge in [0.15, 0.2) is 0 Å². The number of carbonyl (C=O) groups is 2. The highest BCUT2D eigenvalue weighted by Crippen LogP contribution is 2.20. The molecule has 0 aliphatic carbocycles. The van der Waals surface area contributed by atoms with Crippen LogP contribution in [0.5, 0.6) is 5.75 Å². The number of nitrogens with one attached hydrogen (secondary N) is 1. The summed E-state index contributed by atoms with van der Waals surface area (Å²) < 4.78 is 0. The summed E-state index contributed by atoms with van der Waals surface area (Å²) in [6, 6.07) is 0.205. The second-order valence-corrected chi connectivity index (χ2v) is 5.04. The number of aromatic hydroxyl groups is 1. The quantitative estimate of drug-likeness (QED) is 0.745. The number of hydrogen-bond acceptors (Lipinski definition) is 4. The molecule has 0 bridgehead atoms. The van der Waals surface area contributed by atoms with Gasteiger partial charge >= 0.3 is 5.97 Å². The van der Waals surface area contributed by atoms with Crippen LogP contribution in [0.3, 0.4) is 0 Å². The lowest BCUT2D eigenvalue weighted by Gasteiger charge is -2.27. The second-order valence-electron chi connectivity index (χ2n) is 5.04. The van der Waals surface area contributed by atoms with E-state index >= 15 is 0 Å². The van der Waals surface area contributed by atoms with Crippen molar-refractivity contribution in [1.29, 1.82) is 0 Å². The van der Waals surface area contributed by atoms with Crippen LogP contribution in [0.4, 0.5) is 0 Å². The van der Waals surface area contributed by atoms with Crippen LogP contribution in [0.1, 0.15) is 31.1 Å². The first kappa shape index (κ1) is 14.0. The van der Waals surface area contributed by atoms with Crippen molar-refractivity contribution in [2.24, 2.45) is 5.41 Å². The van der Waals surface area contributed by atoms with Crippen molar-refractivity contribution in [3.05, 3.63) is 24.0 Å². The van der Waals surface area contributed by atoms with Gasteiger partial charge in [-0.25, -0.2) is 4.79 Å². The Hall–Kier alpha value is -2.11. The van der Waals surface area contributed by atoms with Crippen molar-refractivity contribution in [2.75, 3.05) is 0 Å². The van der Waals surface area contributed by atoms with Gasteiger partial charge in [0.1, 0.15) is 11.8 Å². The number of rotatable bonds is 3. The van der Waals surface area contributed by atoms with E-state index in [0.717, 1.165) is 0 Å². The van der Waals surface area contributed by atoms with Crippen LogP contribution < -0.4 is 5.32 Å². The first-order valence-corrected chi connectivity index (χ1v) is 5.39. The van der Waals surface area contributed by atoms with Gasteiger partial charge in [0.25, 0.3) is 5.91 Å². The van der Waals surface area contributed by atoms with Gasteiger partial charge in [-0.1, -0.05) is 20.8 Å². The normalized spacial score (nSPS) is 12.8. The smallest absolute Gasteiger partial charge is 0.326 e. The highest BCUT2D eigenvalue weighted by Gasteiger charge is 2.32. The molecule has 0 aromatic carbocycles. The fourth-order valence-electron chi connectivity index (χ4n) is 1.42. The van der Waals surface area contributed by atoms with E-state index in [2.05, 4.69) is 10.3 Å². The van der Waals surface area contributed by atoms with E-state index in [1.165, 1.54) is 18.5 Å². The summed E-state index contributed by atoms with van der Waals surface area (Å²) in [6.07, 6.45) is 2.45. The maximum absolute atomic E-state index is 11.8. The van der Waals surface area contributed by atoms with E-state index in [9.17, 15) is 14.7 Å². The average molecular weight is 252 g/mol. The van der Waals surface area contributed by atoms with Crippen molar-refractivity contribution in [3.8, 4) is 5.75 Å². The molecule has 0 spiro atoms. The van der Waals surface area contributed by atoms with E-state index in [0.29, 0.717) is 0 Å². The molecule has 0 radical (unpaired) electrons. The fraction of sp³-hybridized carbons (Fsp3) is 0.417. The van der Waals surface area contributed by atoms with Crippen molar-refractivity contribution in [2.45, 2.75) is 26.8 Å². The fourth-order valence-corrected chi connectivity index (χ4v) is 1.42. The molecule has 1 atom stereocenters. The molecule has 98 valence electrons. The number of aromatic nitrogens is 1. The number of hydrogen-bond donors (Lipinski definition) is 3. The minimum absolute atomic E-state index is 0.116. The Morgan fingerprint density at radius 1 is 1.33 bits per heavy atom. The molecule has 3 N–H and O–H groups in total. The summed E-state index contributed by atoms with van der Waals surface area (Å²) in [4.78, 5) is 26.6. The van der Waals surface area contributed by atoms with Gasteiger partial charge in [0.2, 0.25) is 0 Å². The monoisotopic (exact) mass is 252 g/mol. The summed E-state index contributed by atoms with van der Waals surface area (Å²) in [5.74, 6) is -1.84. The molecule has 1 rings (SSSR count). The average Bonchev–Trinajstić information content (AvgIpc) is 2.23. The highest BCUT2D eigenvalue weighted by atomic mass is 16.4. The standard InChI is InChI=1S/C12H16N2O4/c1-12(2,3)9(11(17)18)14-10(16)7-4-8(15)6-13-5-7/h4-6,9,15H,1-3H3,(H,14,16)(H,17,18)/t9-/m1/s1. The minimum Gasteiger partial charge on any atom is -0.506 e. The van der Waals surface area contributed by atoms with E-state index in [1.54, 1.807) is 20.8 Å². The number of carboxylic acid groups (broad SMARTS) is 1. The largest absolute Gasteiger partial charge is 0.506 e. The Balaban J connectivity index is 2.89. The van der Waals surface area contributed by atoms with Crippen LogP contribution in [0.15, 0.2) is 18.5 Å². The summed E-state index contributed by atoms with van der Waals surface area (Å²) in [5, 5.41) is 20.7. The minimum atomic E-state index is -1.11. The zero-order valence-electron chi connectivity index (χ0n) is 10.5. The Labute approximate surface area is 105 Å². The van der Waals surface area contributed by atoms with Gasteiger partial charge in [0.05, 0.1) is 11.8 Å². The van der Waals surface area contributed by atoms with Crippen LogP contribution in [0, 0.1) is 5.41 Å². The Kier molecular flexibility index (Phi) is 3.90. The van der Waals surface area contributed by atoms with Gasteiger partial charge in [-0.3, -0.25) is 9.78 Å². The molecule has 18 heavy (non-hydrogen) atoms. The van der Waals surface area contributed by atoms with Gasteiger partial charge in [0, 0.05) is 6.20 Å². The van der Waals surface area contributed by atoms with Gasteiger partial charge < -0.3 is 15.5 Å². The molecule has 1 heterocycles. The molecular weight excluding hydrogens is 236 g/mol. The molecular formula is C12H16N2O4. The molecule has 1 aromatic rings. The Bertz CT molecular complexity index is 465. The predicted molar refractivity (Wildman–Crippen MR) is 64.2 cm³/mol. The van der Waals surface area contributed by atoms with Gasteiger partial charge in [-0.05, 0) is 11.5 Å². The Morgan fingerprint density at radius 3 is 2.39 bits per heavy atom. The summed E-state index contributed by atoms with van der Waals surface area (Å²) >= 11 is 0. The first-order valence-electron chi connectivity index (χ1n) is 5.39. The first-order chi connectivity index (χ1) is 8.21. The second kappa shape index (κ2) is 5.03. The topological polar surface area (TPSA) is 99.5 Å². The predicted octanol–water partition coefficient (Wildman–Crippen LogP) is 1.02. The van der Waals surface area contributed by atoms with E-state index in [4.69, 9.17) is 5.11 Å². The maximum Gasteiger partial charge on any atom is 0.326 e. The van der Waals surface area contributed by atoms with Gasteiger partial charge in [-0.2, -0.15) is 0 Å². The lowest BCUT2D eigenvalue weighted by atomic mass is 9.86. The molecule has 0 aliphatic heterocycles. The van der Waals surface area contributed by atoms with Crippen LogP contribution in [0.25, 0.3) is 0 Å². The molecule has 6 nitrogen and oxygen atoms in total. The highest BCUT2D eigenvalue weighted by molar-refractivity contribution is 5.96. The van der Waals surface area contributed by atoms with Crippen molar-refractivity contribution in [3.63, 3.8) is 0 Å². The molecule has 0 saturated carbocycles. The molecule has 6 heteroatoms. The van der Waals surface area contributed by atoms with Crippen molar-refractivity contribution in [1.82, 2.24) is 10.3 Å². The number of aliphatic carboxylic acids is 1. The molecule has 1 amide bonds. The number of pyridine rings is 1. The Morgan fingerprint density at radius 2 is 1.94 bits per heavy atom. The lowest BCUT2D eigenvalue weighted by molar-refractivity contribution is -0.142. The third kappa shape index (κ3) is 3.44. The molecule has 1 aromatic heterocycles. The third-order valence-corrected chi connectivity index (χ3v) is 2.37. The summed E-state index contributed by atoms with van der Waals surface area (Å²) in [6.45, 7) is 5.15. The van der Waals surface area contributed by atoms with Gasteiger partial charge in [-0.15, -0.1) is 0 Å². The van der Waals surface area contributed by atoms with Crippen LogP contribution >= 0.6 is 0 Å². The summed E-state index contributed by atoms with van der Waals surface area (Å²) in [7, 11) is 0. The molecule has 0 aliphatic rings. The van der Waals surface area contributed by atoms with Crippen molar-refractivity contribution >= 4 is 11.9 Å². The number of amides is 1. The van der Waals surface area contributed by atoms with Crippen LogP contribution in [0.2, 0.25) is 0 Å². The number of nitrogens with zero attached hydrogens (tertiary/aromatic N) is 1. The lowest BCUT2D eigenvalue weighted by Crippen LogP contribution is -2.49. The van der Waals surface area contributed by atoms with Crippen LogP contribution in [-0.4, -0.2) is 33.1 Å². The van der Waals surface area contributed by atoms with Crippen molar-refractivity contribution < 1.29 is 19.8 Å². The SMILES string of the molecule is CC(C)(C)[C@H](NC(=O)c1cncc(O)c1)C(=O)O. The van der Waals surface area contributed by atoms with E-state index < -0.39 is 23.3 Å². The number of carboxylic acids is 1. The summed E-state index contributed by atoms with van der Waals surface area (Å²) in [5.41, 5.74) is -0.503. The molecule has 0 fully saturated rings. The number of carbonyl (C=O) groups excluding carboxylic acids is 1. The zero-order valence-corrected chi connectivity index (χ0v) is 10.5. The zero-order chi connectivity index (χ0) is 13.9. The van der Waals surface area contributed by atoms with E-state index in [1.807, 2.05) is 0 Å². The molecule has 0 unspecified atom stereocenters. The van der Waals surface area contributed by atoms with Crippen LogP contribution in [-0.2, 0) is 4.79 Å².